The van der Waals surface area contributed by atoms with Gasteiger partial charge in [0, 0.05) is 12.7 Å². The maximum atomic E-state index is 13.1. The first-order valence-corrected chi connectivity index (χ1v) is 10.7. The monoisotopic (exact) mass is 369 g/mol. The maximum absolute atomic E-state index is 13.1. The average molecular weight is 370 g/mol. The summed E-state index contributed by atoms with van der Waals surface area (Å²) in [5.74, 6) is 1.97. The summed E-state index contributed by atoms with van der Waals surface area (Å²) in [5, 5.41) is 8.52. The highest BCUT2D eigenvalue weighted by molar-refractivity contribution is 5.20. The topological polar surface area (TPSA) is 33.0 Å². The third-order valence-corrected chi connectivity index (χ3v) is 6.48. The summed E-state index contributed by atoms with van der Waals surface area (Å²) in [6.45, 7) is 0.924. The zero-order valence-corrected chi connectivity index (χ0v) is 16.3. The quantitative estimate of drug-likeness (QED) is 0.512. The van der Waals surface area contributed by atoms with Gasteiger partial charge in [0.1, 0.15) is 5.82 Å². The predicted octanol–water partition coefficient (Wildman–Crippen LogP) is 6.53. The van der Waals surface area contributed by atoms with Crippen molar-refractivity contribution in [2.45, 2.75) is 76.2 Å². The molecule has 1 aromatic rings. The number of hydrogen-bond acceptors (Lipinski definition) is 2. The molecule has 2 aliphatic rings. The van der Waals surface area contributed by atoms with Crippen LogP contribution in [0, 0.1) is 29.0 Å². The van der Waals surface area contributed by atoms with E-state index in [1.165, 1.54) is 37.7 Å². The second-order valence-corrected chi connectivity index (χ2v) is 8.35. The smallest absolute Gasteiger partial charge is 0.123 e. The molecule has 0 atom stereocenters. The molecular formula is C24H32FNO. The molecule has 2 nitrogen and oxygen atoms in total. The van der Waals surface area contributed by atoms with Crippen molar-refractivity contribution in [3.05, 3.63) is 47.8 Å². The van der Waals surface area contributed by atoms with E-state index in [0.29, 0.717) is 12.0 Å². The normalized spacial score (nSPS) is 28.9. The molecule has 0 aromatic heterocycles. The van der Waals surface area contributed by atoms with Crippen molar-refractivity contribution in [3.8, 4) is 6.07 Å². The summed E-state index contributed by atoms with van der Waals surface area (Å²) in [7, 11) is 0. The van der Waals surface area contributed by atoms with Crippen LogP contribution in [0.1, 0.15) is 75.7 Å². The van der Waals surface area contributed by atoms with Gasteiger partial charge in [-0.15, -0.1) is 0 Å². The molecule has 1 aromatic carbocycles. The Balaban J connectivity index is 1.30. The van der Waals surface area contributed by atoms with Crippen LogP contribution >= 0.6 is 0 Å². The van der Waals surface area contributed by atoms with Crippen LogP contribution in [0.25, 0.3) is 0 Å². The lowest BCUT2D eigenvalue weighted by Crippen LogP contribution is -2.25. The molecule has 146 valence electrons. The van der Waals surface area contributed by atoms with Crippen LogP contribution in [0.3, 0.4) is 0 Å². The molecule has 0 N–H and O–H groups in total. The summed E-state index contributed by atoms with van der Waals surface area (Å²) < 4.78 is 19.3. The lowest BCUT2D eigenvalue weighted by atomic mass is 9.80. The minimum absolute atomic E-state index is 0.149. The number of nitrogens with zero attached hydrogens (tertiary/aromatic N) is 1. The second kappa shape index (κ2) is 10.6. The lowest BCUT2D eigenvalue weighted by molar-refractivity contribution is -0.00475. The first-order valence-electron chi connectivity index (χ1n) is 10.7. The Bertz CT molecular complexity index is 617. The fraction of sp³-hybridized carbons (Fsp3) is 0.625. The number of ether oxygens (including phenoxy) is 1. The fourth-order valence-electron chi connectivity index (χ4n) is 4.72. The van der Waals surface area contributed by atoms with Gasteiger partial charge < -0.3 is 4.74 Å². The fourth-order valence-corrected chi connectivity index (χ4v) is 4.72. The van der Waals surface area contributed by atoms with Crippen LogP contribution in [-0.2, 0) is 4.74 Å². The first-order chi connectivity index (χ1) is 13.2. The van der Waals surface area contributed by atoms with Gasteiger partial charge in [0.05, 0.1) is 12.2 Å². The Morgan fingerprint density at radius 3 is 2.30 bits per heavy atom. The molecule has 0 amide bonds. The first kappa shape index (κ1) is 20.1. The van der Waals surface area contributed by atoms with Gasteiger partial charge >= 0.3 is 0 Å². The van der Waals surface area contributed by atoms with Crippen LogP contribution in [-0.4, -0.2) is 12.7 Å². The van der Waals surface area contributed by atoms with E-state index in [1.54, 1.807) is 18.2 Å². The van der Waals surface area contributed by atoms with Crippen LogP contribution in [0.15, 0.2) is 36.4 Å². The number of hydrogen-bond donors (Lipinski definition) is 0. The van der Waals surface area contributed by atoms with Crippen molar-refractivity contribution in [3.63, 3.8) is 0 Å². The molecule has 3 rings (SSSR count). The average Bonchev–Trinajstić information content (AvgIpc) is 2.72. The van der Waals surface area contributed by atoms with Crippen molar-refractivity contribution in [1.29, 1.82) is 5.26 Å². The minimum Gasteiger partial charge on any atom is -0.378 e. The molecular weight excluding hydrogens is 337 g/mol. The number of nitriles is 1. The third kappa shape index (κ3) is 6.47. The van der Waals surface area contributed by atoms with Gasteiger partial charge in [-0.25, -0.2) is 4.39 Å². The number of allylic oxidation sites excluding steroid dienone is 2. The van der Waals surface area contributed by atoms with Gasteiger partial charge in [0.25, 0.3) is 0 Å². The molecule has 0 radical (unpaired) electrons. The predicted molar refractivity (Wildman–Crippen MR) is 107 cm³/mol. The Labute approximate surface area is 163 Å². The number of halogens is 1. The summed E-state index contributed by atoms with van der Waals surface area (Å²) in [6, 6.07) is 9.10. The van der Waals surface area contributed by atoms with E-state index in [2.05, 4.69) is 6.07 Å². The molecule has 3 heteroatoms. The van der Waals surface area contributed by atoms with E-state index >= 15 is 0 Å². The molecule has 2 fully saturated rings. The van der Waals surface area contributed by atoms with E-state index in [9.17, 15) is 4.39 Å². The highest BCUT2D eigenvalue weighted by atomic mass is 19.1. The van der Waals surface area contributed by atoms with E-state index in [4.69, 9.17) is 10.00 Å². The van der Waals surface area contributed by atoms with Gasteiger partial charge in [-0.05, 0) is 86.8 Å². The molecule has 0 heterocycles. The van der Waals surface area contributed by atoms with Crippen molar-refractivity contribution < 1.29 is 9.13 Å². The van der Waals surface area contributed by atoms with Crippen LogP contribution in [0.2, 0.25) is 0 Å². The molecule has 0 saturated heterocycles. The van der Waals surface area contributed by atoms with Crippen molar-refractivity contribution >= 4 is 0 Å². The second-order valence-electron chi connectivity index (χ2n) is 8.35. The minimum atomic E-state index is -0.149. The van der Waals surface area contributed by atoms with Gasteiger partial charge in [-0.1, -0.05) is 31.1 Å². The molecule has 27 heavy (non-hydrogen) atoms. The highest BCUT2D eigenvalue weighted by Crippen LogP contribution is 2.36. The van der Waals surface area contributed by atoms with Crippen molar-refractivity contribution in [2.75, 3.05) is 6.61 Å². The van der Waals surface area contributed by atoms with Gasteiger partial charge in [-0.3, -0.25) is 0 Å². The Hall–Kier alpha value is -1.66. The Kier molecular flexibility index (Phi) is 7.90. The van der Waals surface area contributed by atoms with Gasteiger partial charge in [0.2, 0.25) is 0 Å². The van der Waals surface area contributed by atoms with E-state index in [0.717, 1.165) is 50.5 Å². The van der Waals surface area contributed by atoms with Crippen molar-refractivity contribution in [1.82, 2.24) is 0 Å². The Morgan fingerprint density at radius 2 is 1.63 bits per heavy atom. The standard InChI is InChI=1S/C24H32FNO/c25-23-13-9-21(10-14-23)22-11-15-24(16-12-22)27-18-20-7-5-19(6-8-20)4-2-1-3-17-26/h1,3,9-10,13-14,19-20,22,24H,2,4-8,11-12,15-16,18H2/b3-1+. The zero-order valence-electron chi connectivity index (χ0n) is 16.3. The molecule has 2 aliphatic carbocycles. The van der Waals surface area contributed by atoms with E-state index < -0.39 is 0 Å². The lowest BCUT2D eigenvalue weighted by Gasteiger charge is -2.32. The number of rotatable bonds is 7. The van der Waals surface area contributed by atoms with Crippen molar-refractivity contribution in [2.24, 2.45) is 11.8 Å². The summed E-state index contributed by atoms with van der Waals surface area (Å²) in [4.78, 5) is 0. The summed E-state index contributed by atoms with van der Waals surface area (Å²) in [6.07, 6.45) is 16.0. The SMILES string of the molecule is N#C/C=C/CCC1CCC(COC2CCC(c3ccc(F)cc3)CC2)CC1. The molecule has 0 spiro atoms. The molecule has 0 aliphatic heterocycles. The molecule has 0 unspecified atom stereocenters. The third-order valence-electron chi connectivity index (χ3n) is 6.48. The van der Waals surface area contributed by atoms with E-state index in [-0.39, 0.29) is 5.82 Å². The van der Waals surface area contributed by atoms with Crippen LogP contribution < -0.4 is 0 Å². The zero-order chi connectivity index (χ0) is 18.9. The number of benzene rings is 1. The molecule has 0 bridgehead atoms. The van der Waals surface area contributed by atoms with Crippen LogP contribution in [0.4, 0.5) is 4.39 Å². The van der Waals surface area contributed by atoms with E-state index in [1.807, 2.05) is 18.2 Å². The summed E-state index contributed by atoms with van der Waals surface area (Å²) in [5.41, 5.74) is 1.28. The maximum Gasteiger partial charge on any atom is 0.123 e. The van der Waals surface area contributed by atoms with Gasteiger partial charge in [-0.2, -0.15) is 5.26 Å². The van der Waals surface area contributed by atoms with Gasteiger partial charge in [0.15, 0.2) is 0 Å². The summed E-state index contributed by atoms with van der Waals surface area (Å²) >= 11 is 0. The molecule has 2 saturated carbocycles. The highest BCUT2D eigenvalue weighted by Gasteiger charge is 2.25. The van der Waals surface area contributed by atoms with Crippen LogP contribution in [0.5, 0.6) is 0 Å². The Morgan fingerprint density at radius 1 is 0.963 bits per heavy atom. The largest absolute Gasteiger partial charge is 0.378 e.